The Morgan fingerprint density at radius 1 is 1.15 bits per heavy atom. The lowest BCUT2D eigenvalue weighted by Crippen LogP contribution is -2.31. The Kier molecular flexibility index (Phi) is 5.56. The van der Waals surface area contributed by atoms with Gasteiger partial charge in [0.05, 0.1) is 11.7 Å². The molecule has 0 N–H and O–H groups in total. The van der Waals surface area contributed by atoms with E-state index in [-0.39, 0.29) is 15.7 Å². The number of halogens is 5. The molecule has 1 saturated heterocycles. The molecule has 0 aliphatic carbocycles. The fourth-order valence-corrected chi connectivity index (χ4v) is 4.50. The van der Waals surface area contributed by atoms with Crippen molar-refractivity contribution < 1.29 is 22.3 Å². The largest absolute Gasteiger partial charge is 0.416 e. The van der Waals surface area contributed by atoms with Gasteiger partial charge in [0, 0.05) is 21.3 Å². The average molecular weight is 405 g/mol. The fourth-order valence-electron chi connectivity index (χ4n) is 3.02. The molecule has 0 spiro atoms. The predicted octanol–water partition coefficient (Wildman–Crippen LogP) is 6.90. The Morgan fingerprint density at radius 2 is 1.85 bits per heavy atom. The van der Waals surface area contributed by atoms with Gasteiger partial charge in [0.2, 0.25) is 0 Å². The number of alkyl halides is 3. The van der Waals surface area contributed by atoms with Crippen LogP contribution in [0.25, 0.3) is 0 Å². The zero-order valence-corrected chi connectivity index (χ0v) is 15.5. The van der Waals surface area contributed by atoms with E-state index in [9.17, 15) is 17.6 Å². The van der Waals surface area contributed by atoms with Gasteiger partial charge in [-0.05, 0) is 55.7 Å². The van der Waals surface area contributed by atoms with Crippen molar-refractivity contribution in [3.05, 3.63) is 64.4 Å². The highest BCUT2D eigenvalue weighted by molar-refractivity contribution is 8.00. The van der Waals surface area contributed by atoms with E-state index in [1.54, 1.807) is 12.1 Å². The lowest BCUT2D eigenvalue weighted by atomic mass is 9.92. The molecule has 1 fully saturated rings. The maximum Gasteiger partial charge on any atom is 0.416 e. The summed E-state index contributed by atoms with van der Waals surface area (Å²) < 4.78 is 57.9. The molecule has 1 nitrogen and oxygen atoms in total. The van der Waals surface area contributed by atoms with E-state index >= 15 is 0 Å². The molecule has 0 aromatic heterocycles. The fraction of sp³-hybridized carbons (Fsp3) is 0.368. The SMILES string of the molecule is CC1(Sc2cc(F)cc(C(F)(F)F)c2)CCOC(c2ccc(Cl)cc2)C1. The molecule has 2 atom stereocenters. The minimum absolute atomic E-state index is 0.172. The first kappa shape index (κ1) is 19.5. The van der Waals surface area contributed by atoms with Crippen molar-refractivity contribution in [2.75, 3.05) is 6.61 Å². The topological polar surface area (TPSA) is 9.23 Å². The van der Waals surface area contributed by atoms with Crippen molar-refractivity contribution in [1.82, 2.24) is 0 Å². The molecular formula is C19H17ClF4OS. The third kappa shape index (κ3) is 4.72. The molecule has 2 unspecified atom stereocenters. The third-order valence-electron chi connectivity index (χ3n) is 4.37. The average Bonchev–Trinajstić information content (AvgIpc) is 2.53. The minimum atomic E-state index is -4.57. The summed E-state index contributed by atoms with van der Waals surface area (Å²) in [6.45, 7) is 2.46. The number of ether oxygens (including phenoxy) is 1. The lowest BCUT2D eigenvalue weighted by molar-refractivity contribution is -0.137. The van der Waals surface area contributed by atoms with Crippen molar-refractivity contribution in [2.24, 2.45) is 0 Å². The van der Waals surface area contributed by atoms with Crippen LogP contribution in [0.1, 0.15) is 37.0 Å². The van der Waals surface area contributed by atoms with Crippen molar-refractivity contribution in [2.45, 2.75) is 41.7 Å². The minimum Gasteiger partial charge on any atom is -0.373 e. The highest BCUT2D eigenvalue weighted by Gasteiger charge is 2.36. The van der Waals surface area contributed by atoms with Crippen LogP contribution < -0.4 is 0 Å². The van der Waals surface area contributed by atoms with Crippen molar-refractivity contribution in [3.8, 4) is 0 Å². The third-order valence-corrected chi connectivity index (χ3v) is 5.96. The first-order valence-electron chi connectivity index (χ1n) is 8.08. The van der Waals surface area contributed by atoms with E-state index < -0.39 is 17.6 Å². The standard InChI is InChI=1S/C19H17ClF4OS/c1-18(26-16-9-13(19(22,23)24)8-15(21)10-16)6-7-25-17(11-18)12-2-4-14(20)5-3-12/h2-5,8-10,17H,6-7,11H2,1H3. The smallest absolute Gasteiger partial charge is 0.373 e. The molecule has 0 radical (unpaired) electrons. The molecule has 2 aromatic rings. The van der Waals surface area contributed by atoms with E-state index in [2.05, 4.69) is 0 Å². The first-order valence-corrected chi connectivity index (χ1v) is 9.28. The van der Waals surface area contributed by atoms with Crippen molar-refractivity contribution in [1.29, 1.82) is 0 Å². The van der Waals surface area contributed by atoms with Crippen LogP contribution in [0.2, 0.25) is 5.02 Å². The maximum absolute atomic E-state index is 13.7. The summed E-state index contributed by atoms with van der Waals surface area (Å²) in [6, 6.07) is 10.0. The van der Waals surface area contributed by atoms with E-state index in [4.69, 9.17) is 16.3 Å². The highest BCUT2D eigenvalue weighted by atomic mass is 35.5. The summed E-state index contributed by atoms with van der Waals surface area (Å²) in [5, 5.41) is 0.626. The number of rotatable bonds is 3. The number of thioether (sulfide) groups is 1. The Bertz CT molecular complexity index is 778. The predicted molar refractivity (Wildman–Crippen MR) is 95.0 cm³/mol. The van der Waals surface area contributed by atoms with Crippen LogP contribution >= 0.6 is 23.4 Å². The number of hydrogen-bond acceptors (Lipinski definition) is 2. The lowest BCUT2D eigenvalue weighted by Gasteiger charge is -2.38. The molecule has 140 valence electrons. The van der Waals surface area contributed by atoms with Gasteiger partial charge in [-0.3, -0.25) is 0 Å². The first-order chi connectivity index (χ1) is 12.1. The van der Waals surface area contributed by atoms with Gasteiger partial charge in [-0.15, -0.1) is 11.8 Å². The normalized spacial score (nSPS) is 23.8. The second kappa shape index (κ2) is 7.41. The molecular weight excluding hydrogens is 388 g/mol. The molecule has 0 saturated carbocycles. The van der Waals surface area contributed by atoms with Gasteiger partial charge in [0.25, 0.3) is 0 Å². The maximum atomic E-state index is 13.7. The van der Waals surface area contributed by atoms with E-state index in [1.807, 2.05) is 19.1 Å². The zero-order valence-electron chi connectivity index (χ0n) is 13.9. The Morgan fingerprint density at radius 3 is 2.50 bits per heavy atom. The molecule has 2 aromatic carbocycles. The summed E-state index contributed by atoms with van der Waals surface area (Å²) in [5.41, 5.74) is 0.000980. The number of benzene rings is 2. The molecule has 7 heteroatoms. The Hall–Kier alpha value is -1.24. The van der Waals surface area contributed by atoms with E-state index in [0.717, 1.165) is 17.7 Å². The summed E-state index contributed by atoms with van der Waals surface area (Å²) in [4.78, 5) is 0.275. The van der Waals surface area contributed by atoms with E-state index in [1.165, 1.54) is 11.8 Å². The zero-order chi connectivity index (χ0) is 18.9. The van der Waals surface area contributed by atoms with Gasteiger partial charge in [0.1, 0.15) is 5.82 Å². The molecule has 1 heterocycles. The molecule has 1 aliphatic rings. The summed E-state index contributed by atoms with van der Waals surface area (Å²) in [7, 11) is 0. The van der Waals surface area contributed by atoms with Gasteiger partial charge in [-0.1, -0.05) is 23.7 Å². The van der Waals surface area contributed by atoms with Crippen molar-refractivity contribution >= 4 is 23.4 Å². The van der Waals surface area contributed by atoms with Crippen LogP contribution in [-0.2, 0) is 10.9 Å². The van der Waals surface area contributed by atoms with Crippen LogP contribution in [0, 0.1) is 5.82 Å². The summed E-state index contributed by atoms with van der Waals surface area (Å²) in [5.74, 6) is -0.882. The van der Waals surface area contributed by atoms with E-state index in [0.29, 0.717) is 30.5 Å². The van der Waals surface area contributed by atoms with Crippen LogP contribution in [0.5, 0.6) is 0 Å². The van der Waals surface area contributed by atoms with Crippen molar-refractivity contribution in [3.63, 3.8) is 0 Å². The van der Waals surface area contributed by atoms with Crippen LogP contribution in [0.4, 0.5) is 17.6 Å². The monoisotopic (exact) mass is 404 g/mol. The highest BCUT2D eigenvalue weighted by Crippen LogP contribution is 2.46. The molecule has 1 aliphatic heterocycles. The van der Waals surface area contributed by atoms with Gasteiger partial charge in [0.15, 0.2) is 0 Å². The quantitative estimate of drug-likeness (QED) is 0.514. The second-order valence-electron chi connectivity index (χ2n) is 6.59. The Balaban J connectivity index is 1.80. The van der Waals surface area contributed by atoms with Crippen LogP contribution in [0.15, 0.2) is 47.4 Å². The second-order valence-corrected chi connectivity index (χ2v) is 8.69. The Labute approximate surface area is 158 Å². The van der Waals surface area contributed by atoms with Gasteiger partial charge < -0.3 is 4.74 Å². The molecule has 26 heavy (non-hydrogen) atoms. The summed E-state index contributed by atoms with van der Waals surface area (Å²) in [6.07, 6.45) is -3.47. The van der Waals surface area contributed by atoms with Crippen LogP contribution in [-0.4, -0.2) is 11.4 Å². The van der Waals surface area contributed by atoms with Crippen LogP contribution in [0.3, 0.4) is 0 Å². The van der Waals surface area contributed by atoms with Gasteiger partial charge in [-0.25, -0.2) is 4.39 Å². The molecule has 0 bridgehead atoms. The number of hydrogen-bond donors (Lipinski definition) is 0. The van der Waals surface area contributed by atoms with Gasteiger partial charge >= 0.3 is 6.18 Å². The molecule has 0 amide bonds. The van der Waals surface area contributed by atoms with Gasteiger partial charge in [-0.2, -0.15) is 13.2 Å². The summed E-state index contributed by atoms with van der Waals surface area (Å²) >= 11 is 7.17. The molecule has 3 rings (SSSR count).